The van der Waals surface area contributed by atoms with Crippen LogP contribution in [0.1, 0.15) is 18.5 Å². The average molecular weight is 282 g/mol. The molecular weight excluding hydrogens is 267 g/mol. The highest BCUT2D eigenvalue weighted by Crippen LogP contribution is 2.29. The lowest BCUT2D eigenvalue weighted by molar-refractivity contribution is -0.141. The second-order valence-electron chi connectivity index (χ2n) is 4.10. The molecule has 3 nitrogen and oxygen atoms in total. The van der Waals surface area contributed by atoms with Gasteiger partial charge in [0, 0.05) is 17.9 Å². The molecule has 1 aromatic heterocycles. The van der Waals surface area contributed by atoms with Gasteiger partial charge in [-0.3, -0.25) is 4.98 Å². The third kappa shape index (κ3) is 4.03. The lowest BCUT2D eigenvalue weighted by atomic mass is 10.1. The van der Waals surface area contributed by atoms with E-state index >= 15 is 0 Å². The van der Waals surface area contributed by atoms with E-state index in [0.29, 0.717) is 5.69 Å². The summed E-state index contributed by atoms with van der Waals surface area (Å²) in [5, 5.41) is 6.32. The van der Waals surface area contributed by atoms with E-state index in [0.717, 1.165) is 32.0 Å². The van der Waals surface area contributed by atoms with E-state index in [1.165, 1.54) is 6.20 Å². The van der Waals surface area contributed by atoms with Gasteiger partial charge in [0.05, 0.1) is 0 Å². The fourth-order valence-corrected chi connectivity index (χ4v) is 1.88. The van der Waals surface area contributed by atoms with Crippen LogP contribution in [-0.2, 0) is 6.18 Å². The largest absolute Gasteiger partial charge is 0.433 e. The standard InChI is InChI=1S/C11H14F3N3.ClH/c12-11(13,14)10-7-9(3-6-16-10)17-8-1-4-15-5-2-8;/h3,6-8,15H,1-2,4-5H2,(H,16,17);1H. The van der Waals surface area contributed by atoms with E-state index in [4.69, 9.17) is 0 Å². The van der Waals surface area contributed by atoms with Gasteiger partial charge in [0.15, 0.2) is 0 Å². The number of hydrogen-bond donors (Lipinski definition) is 2. The molecule has 2 N–H and O–H groups in total. The van der Waals surface area contributed by atoms with Gasteiger partial charge in [-0.25, -0.2) is 0 Å². The normalized spacial score (nSPS) is 17.1. The Hall–Kier alpha value is -1.01. The van der Waals surface area contributed by atoms with Crippen molar-refractivity contribution < 1.29 is 13.2 Å². The number of piperidine rings is 1. The summed E-state index contributed by atoms with van der Waals surface area (Å²) < 4.78 is 37.3. The monoisotopic (exact) mass is 281 g/mol. The van der Waals surface area contributed by atoms with Gasteiger partial charge in [-0.05, 0) is 38.1 Å². The van der Waals surface area contributed by atoms with Crippen LogP contribution in [0.2, 0.25) is 0 Å². The summed E-state index contributed by atoms with van der Waals surface area (Å²) in [7, 11) is 0. The highest BCUT2D eigenvalue weighted by atomic mass is 35.5. The summed E-state index contributed by atoms with van der Waals surface area (Å²) in [6, 6.07) is 2.86. The van der Waals surface area contributed by atoms with Gasteiger partial charge in [0.1, 0.15) is 5.69 Å². The van der Waals surface area contributed by atoms with Crippen molar-refractivity contribution in [2.75, 3.05) is 18.4 Å². The lowest BCUT2D eigenvalue weighted by Gasteiger charge is -2.24. The minimum atomic E-state index is -4.38. The molecule has 102 valence electrons. The maximum atomic E-state index is 12.4. The molecule has 1 fully saturated rings. The van der Waals surface area contributed by atoms with Gasteiger partial charge in [0.2, 0.25) is 0 Å². The second-order valence-corrected chi connectivity index (χ2v) is 4.10. The zero-order valence-corrected chi connectivity index (χ0v) is 10.4. The van der Waals surface area contributed by atoms with Crippen LogP contribution >= 0.6 is 12.4 Å². The Morgan fingerprint density at radius 3 is 2.56 bits per heavy atom. The number of anilines is 1. The number of hydrogen-bond acceptors (Lipinski definition) is 3. The SMILES string of the molecule is Cl.FC(F)(F)c1cc(NC2CCNCC2)ccn1. The lowest BCUT2D eigenvalue weighted by Crippen LogP contribution is -2.35. The molecule has 2 rings (SSSR count). The molecule has 0 amide bonds. The van der Waals surface area contributed by atoms with Gasteiger partial charge in [-0.2, -0.15) is 13.2 Å². The highest BCUT2D eigenvalue weighted by molar-refractivity contribution is 5.85. The molecule has 7 heteroatoms. The molecule has 1 aromatic rings. The van der Waals surface area contributed by atoms with Crippen LogP contribution in [0.15, 0.2) is 18.3 Å². The van der Waals surface area contributed by atoms with E-state index in [-0.39, 0.29) is 18.4 Å². The molecule has 0 unspecified atom stereocenters. The van der Waals surface area contributed by atoms with E-state index in [1.54, 1.807) is 6.07 Å². The first kappa shape index (κ1) is 15.0. The molecule has 0 bridgehead atoms. The Balaban J connectivity index is 0.00000162. The van der Waals surface area contributed by atoms with Gasteiger partial charge >= 0.3 is 6.18 Å². The summed E-state index contributed by atoms with van der Waals surface area (Å²) in [6.45, 7) is 1.80. The van der Waals surface area contributed by atoms with Crippen LogP contribution in [-0.4, -0.2) is 24.1 Å². The van der Waals surface area contributed by atoms with Crippen molar-refractivity contribution >= 4 is 18.1 Å². The molecule has 1 saturated heterocycles. The van der Waals surface area contributed by atoms with Gasteiger partial charge in [-0.1, -0.05) is 0 Å². The molecule has 0 radical (unpaired) electrons. The second kappa shape index (κ2) is 6.24. The number of aromatic nitrogens is 1. The predicted molar refractivity (Wildman–Crippen MR) is 66.0 cm³/mol. The zero-order valence-electron chi connectivity index (χ0n) is 9.63. The molecule has 0 aromatic carbocycles. The number of halogens is 4. The quantitative estimate of drug-likeness (QED) is 0.875. The highest BCUT2D eigenvalue weighted by Gasteiger charge is 2.32. The molecule has 0 atom stereocenters. The van der Waals surface area contributed by atoms with Crippen LogP contribution < -0.4 is 10.6 Å². The summed E-state index contributed by atoms with van der Waals surface area (Å²) >= 11 is 0. The summed E-state index contributed by atoms with van der Waals surface area (Å²) in [6.07, 6.45) is -1.36. The fourth-order valence-electron chi connectivity index (χ4n) is 1.88. The third-order valence-corrected chi connectivity index (χ3v) is 2.76. The maximum absolute atomic E-state index is 12.4. The Kier molecular flexibility index (Phi) is 5.22. The fraction of sp³-hybridized carbons (Fsp3) is 0.545. The van der Waals surface area contributed by atoms with Crippen molar-refractivity contribution in [3.63, 3.8) is 0 Å². The summed E-state index contributed by atoms with van der Waals surface area (Å²) in [4.78, 5) is 3.33. The smallest absolute Gasteiger partial charge is 0.382 e. The van der Waals surface area contributed by atoms with Crippen LogP contribution in [0.25, 0.3) is 0 Å². The molecule has 2 heterocycles. The van der Waals surface area contributed by atoms with Crippen LogP contribution in [0.3, 0.4) is 0 Å². The Morgan fingerprint density at radius 2 is 1.94 bits per heavy atom. The Bertz CT molecular complexity index is 378. The van der Waals surface area contributed by atoms with E-state index in [2.05, 4.69) is 15.6 Å². The van der Waals surface area contributed by atoms with Gasteiger partial charge in [-0.15, -0.1) is 12.4 Å². The van der Waals surface area contributed by atoms with Crippen molar-refractivity contribution in [2.45, 2.75) is 25.1 Å². The maximum Gasteiger partial charge on any atom is 0.433 e. The van der Waals surface area contributed by atoms with Crippen LogP contribution in [0.5, 0.6) is 0 Å². The van der Waals surface area contributed by atoms with Crippen LogP contribution in [0, 0.1) is 0 Å². The van der Waals surface area contributed by atoms with E-state index in [9.17, 15) is 13.2 Å². The number of alkyl halides is 3. The number of nitrogens with zero attached hydrogens (tertiary/aromatic N) is 1. The molecule has 18 heavy (non-hydrogen) atoms. The number of nitrogens with one attached hydrogen (secondary N) is 2. The van der Waals surface area contributed by atoms with Crippen molar-refractivity contribution in [2.24, 2.45) is 0 Å². The summed E-state index contributed by atoms with van der Waals surface area (Å²) in [5.41, 5.74) is -0.365. The minimum absolute atomic E-state index is 0. The van der Waals surface area contributed by atoms with Crippen molar-refractivity contribution in [1.82, 2.24) is 10.3 Å². The first-order valence-corrected chi connectivity index (χ1v) is 5.56. The predicted octanol–water partition coefficient (Wildman–Crippen LogP) is 2.69. The van der Waals surface area contributed by atoms with Gasteiger partial charge in [0.25, 0.3) is 0 Å². The van der Waals surface area contributed by atoms with Gasteiger partial charge < -0.3 is 10.6 Å². The minimum Gasteiger partial charge on any atom is -0.382 e. The Labute approximate surface area is 110 Å². The van der Waals surface area contributed by atoms with Crippen LogP contribution in [0.4, 0.5) is 18.9 Å². The molecule has 1 aliphatic heterocycles. The third-order valence-electron chi connectivity index (χ3n) is 2.76. The molecule has 0 saturated carbocycles. The average Bonchev–Trinajstić information content (AvgIpc) is 2.29. The first-order chi connectivity index (χ1) is 8.05. The summed E-state index contributed by atoms with van der Waals surface area (Å²) in [5.74, 6) is 0. The molecule has 1 aliphatic rings. The molecule has 0 spiro atoms. The van der Waals surface area contributed by atoms with Crippen molar-refractivity contribution in [3.8, 4) is 0 Å². The topological polar surface area (TPSA) is 37.0 Å². The first-order valence-electron chi connectivity index (χ1n) is 5.56. The molecular formula is C11H15ClF3N3. The molecule has 0 aliphatic carbocycles. The zero-order chi connectivity index (χ0) is 12.3. The Morgan fingerprint density at radius 1 is 1.28 bits per heavy atom. The van der Waals surface area contributed by atoms with Crippen molar-refractivity contribution in [1.29, 1.82) is 0 Å². The number of rotatable bonds is 2. The van der Waals surface area contributed by atoms with Crippen molar-refractivity contribution in [3.05, 3.63) is 24.0 Å². The van der Waals surface area contributed by atoms with E-state index < -0.39 is 11.9 Å². The number of pyridine rings is 1. The van der Waals surface area contributed by atoms with E-state index in [1.807, 2.05) is 0 Å².